The summed E-state index contributed by atoms with van der Waals surface area (Å²) in [6, 6.07) is 10.2. The van der Waals surface area contributed by atoms with Crippen molar-refractivity contribution < 1.29 is 24.0 Å². The summed E-state index contributed by atoms with van der Waals surface area (Å²) < 4.78 is 4.83. The fraction of sp³-hybridized carbons (Fsp3) is 0.167. The van der Waals surface area contributed by atoms with Crippen LogP contribution in [0.5, 0.6) is 0 Å². The average molecular weight is 354 g/mol. The molecule has 8 heteroatoms. The van der Waals surface area contributed by atoms with Crippen molar-refractivity contribution in [1.29, 1.82) is 0 Å². The van der Waals surface area contributed by atoms with Gasteiger partial charge in [-0.3, -0.25) is 24.5 Å². The molecule has 2 aromatic carbocycles. The summed E-state index contributed by atoms with van der Waals surface area (Å²) in [6.45, 7) is 1.86. The van der Waals surface area contributed by atoms with Crippen LogP contribution in [0.1, 0.15) is 33.2 Å². The lowest BCUT2D eigenvalue weighted by Gasteiger charge is -2.14. The van der Waals surface area contributed by atoms with Gasteiger partial charge in [0.1, 0.15) is 5.69 Å². The van der Waals surface area contributed by atoms with Crippen LogP contribution < -0.4 is 4.90 Å². The number of rotatable bonds is 5. The molecule has 1 aliphatic heterocycles. The van der Waals surface area contributed by atoms with E-state index in [9.17, 15) is 24.5 Å². The van der Waals surface area contributed by atoms with Crippen LogP contribution in [0, 0.1) is 10.1 Å². The quantitative estimate of drug-likeness (QED) is 0.353. The van der Waals surface area contributed by atoms with E-state index in [4.69, 9.17) is 4.74 Å². The number of hydrogen-bond donors (Lipinski definition) is 0. The lowest BCUT2D eigenvalue weighted by Crippen LogP contribution is -2.30. The van der Waals surface area contributed by atoms with Gasteiger partial charge < -0.3 is 4.74 Å². The molecule has 0 aliphatic carbocycles. The molecule has 0 fully saturated rings. The molecular formula is C18H14N2O6. The van der Waals surface area contributed by atoms with Crippen molar-refractivity contribution in [3.63, 3.8) is 0 Å². The first-order valence-corrected chi connectivity index (χ1v) is 7.84. The zero-order valence-corrected chi connectivity index (χ0v) is 13.8. The van der Waals surface area contributed by atoms with Gasteiger partial charge in [-0.15, -0.1) is 0 Å². The predicted molar refractivity (Wildman–Crippen MR) is 91.0 cm³/mol. The molecule has 3 rings (SSSR count). The van der Waals surface area contributed by atoms with Crippen molar-refractivity contribution >= 4 is 29.2 Å². The molecule has 2 aromatic rings. The summed E-state index contributed by atoms with van der Waals surface area (Å²) in [5, 5.41) is 11.5. The number of nitrogens with zero attached hydrogens (tertiary/aromatic N) is 2. The van der Waals surface area contributed by atoms with E-state index < -0.39 is 28.4 Å². The minimum Gasteiger partial charge on any atom is -0.466 e. The molecule has 0 N–H and O–H groups in total. The topological polar surface area (TPSA) is 107 Å². The number of fused-ring (bicyclic) bond motifs is 1. The van der Waals surface area contributed by atoms with Gasteiger partial charge in [-0.05, 0) is 30.7 Å². The van der Waals surface area contributed by atoms with E-state index in [1.165, 1.54) is 30.3 Å². The maximum atomic E-state index is 12.5. The molecule has 0 bridgehead atoms. The van der Waals surface area contributed by atoms with E-state index in [1.54, 1.807) is 19.1 Å². The molecule has 0 spiro atoms. The van der Waals surface area contributed by atoms with E-state index in [1.807, 2.05) is 0 Å². The number of imide groups is 1. The summed E-state index contributed by atoms with van der Waals surface area (Å²) in [4.78, 5) is 48.2. The second kappa shape index (κ2) is 6.75. The van der Waals surface area contributed by atoms with Crippen molar-refractivity contribution in [3.05, 3.63) is 69.3 Å². The summed E-state index contributed by atoms with van der Waals surface area (Å²) in [5.41, 5.74) is 0.190. The number of benzene rings is 2. The summed E-state index contributed by atoms with van der Waals surface area (Å²) >= 11 is 0. The molecule has 0 saturated carbocycles. The van der Waals surface area contributed by atoms with Crippen molar-refractivity contribution in [1.82, 2.24) is 0 Å². The summed E-state index contributed by atoms with van der Waals surface area (Å²) in [7, 11) is 0. The predicted octanol–water partition coefficient (Wildman–Crippen LogP) is 2.50. The van der Waals surface area contributed by atoms with Crippen LogP contribution in [0.4, 0.5) is 11.4 Å². The van der Waals surface area contributed by atoms with Gasteiger partial charge in [0.15, 0.2) is 0 Å². The Morgan fingerprint density at radius 2 is 1.73 bits per heavy atom. The maximum absolute atomic E-state index is 12.5. The molecule has 0 unspecified atom stereocenters. The van der Waals surface area contributed by atoms with Crippen molar-refractivity contribution in [2.45, 2.75) is 13.3 Å². The number of nitro benzene ring substituents is 1. The zero-order chi connectivity index (χ0) is 18.8. The van der Waals surface area contributed by atoms with Crippen LogP contribution in [-0.2, 0) is 16.0 Å². The number of ether oxygens (including phenoxy) is 1. The molecular weight excluding hydrogens is 340 g/mol. The first-order valence-electron chi connectivity index (χ1n) is 7.84. The van der Waals surface area contributed by atoms with Gasteiger partial charge in [0, 0.05) is 6.07 Å². The van der Waals surface area contributed by atoms with Gasteiger partial charge in [-0.2, -0.15) is 0 Å². The number of amides is 2. The highest BCUT2D eigenvalue weighted by atomic mass is 16.6. The number of hydrogen-bond acceptors (Lipinski definition) is 6. The molecule has 0 saturated heterocycles. The number of carbonyl (C=O) groups excluding carboxylic acids is 3. The second-order valence-electron chi connectivity index (χ2n) is 5.55. The number of nitro groups is 1. The highest BCUT2D eigenvalue weighted by molar-refractivity contribution is 6.35. The van der Waals surface area contributed by atoms with Gasteiger partial charge >= 0.3 is 5.97 Å². The van der Waals surface area contributed by atoms with E-state index in [-0.39, 0.29) is 29.8 Å². The number of carbonyl (C=O) groups is 3. The van der Waals surface area contributed by atoms with Crippen LogP contribution >= 0.6 is 0 Å². The average Bonchev–Trinajstić information content (AvgIpc) is 2.86. The molecule has 26 heavy (non-hydrogen) atoms. The third kappa shape index (κ3) is 2.92. The largest absolute Gasteiger partial charge is 0.466 e. The third-order valence-corrected chi connectivity index (χ3v) is 3.93. The highest BCUT2D eigenvalue weighted by Gasteiger charge is 2.39. The Morgan fingerprint density at radius 3 is 2.27 bits per heavy atom. The number of anilines is 1. The van der Waals surface area contributed by atoms with E-state index in [0.29, 0.717) is 5.56 Å². The minimum atomic E-state index is -0.687. The van der Waals surface area contributed by atoms with E-state index in [2.05, 4.69) is 0 Å². The summed E-state index contributed by atoms with van der Waals surface area (Å²) in [5.74, 6) is -1.76. The Balaban J connectivity index is 2.01. The van der Waals surface area contributed by atoms with Crippen LogP contribution in [0.3, 0.4) is 0 Å². The Morgan fingerprint density at radius 1 is 1.12 bits per heavy atom. The molecule has 0 radical (unpaired) electrons. The van der Waals surface area contributed by atoms with E-state index >= 15 is 0 Å². The monoisotopic (exact) mass is 354 g/mol. The first-order chi connectivity index (χ1) is 12.4. The third-order valence-electron chi connectivity index (χ3n) is 3.93. The van der Waals surface area contributed by atoms with Crippen LogP contribution in [0.25, 0.3) is 0 Å². The Labute approximate surface area is 148 Å². The molecule has 0 aromatic heterocycles. The van der Waals surface area contributed by atoms with Gasteiger partial charge in [0.25, 0.3) is 17.5 Å². The van der Waals surface area contributed by atoms with Gasteiger partial charge in [-0.1, -0.05) is 18.2 Å². The molecule has 1 aliphatic rings. The Bertz CT molecular complexity index is 902. The fourth-order valence-electron chi connectivity index (χ4n) is 2.80. The van der Waals surface area contributed by atoms with Crippen LogP contribution in [0.2, 0.25) is 0 Å². The van der Waals surface area contributed by atoms with Gasteiger partial charge in [0.05, 0.1) is 29.1 Å². The normalized spacial score (nSPS) is 12.9. The molecule has 1 heterocycles. The Hall–Kier alpha value is -3.55. The van der Waals surface area contributed by atoms with Gasteiger partial charge in [0.2, 0.25) is 0 Å². The highest BCUT2D eigenvalue weighted by Crippen LogP contribution is 2.35. The first kappa shape index (κ1) is 17.3. The Kier molecular flexibility index (Phi) is 4.49. The summed E-state index contributed by atoms with van der Waals surface area (Å²) in [6.07, 6.45) is -0.142. The van der Waals surface area contributed by atoms with Crippen molar-refractivity contribution in [3.8, 4) is 0 Å². The van der Waals surface area contributed by atoms with Gasteiger partial charge in [-0.25, -0.2) is 4.90 Å². The standard InChI is InChI=1S/C18H14N2O6/c1-2-26-16(21)10-11-7-8-14(15(9-11)20(24)25)19-17(22)12-5-3-4-6-13(12)18(19)23/h3-9H,2,10H2,1H3. The second-order valence-corrected chi connectivity index (χ2v) is 5.55. The minimum absolute atomic E-state index is 0.131. The van der Waals surface area contributed by atoms with Crippen LogP contribution in [0.15, 0.2) is 42.5 Å². The smallest absolute Gasteiger partial charge is 0.310 e. The lowest BCUT2D eigenvalue weighted by molar-refractivity contribution is -0.384. The number of esters is 1. The van der Waals surface area contributed by atoms with Crippen LogP contribution in [-0.4, -0.2) is 29.3 Å². The zero-order valence-electron chi connectivity index (χ0n) is 13.8. The molecule has 2 amide bonds. The van der Waals surface area contributed by atoms with Crippen molar-refractivity contribution in [2.24, 2.45) is 0 Å². The lowest BCUT2D eigenvalue weighted by atomic mass is 10.1. The van der Waals surface area contributed by atoms with E-state index in [0.717, 1.165) is 4.90 Å². The fourth-order valence-corrected chi connectivity index (χ4v) is 2.80. The molecule has 8 nitrogen and oxygen atoms in total. The molecule has 132 valence electrons. The SMILES string of the molecule is CCOC(=O)Cc1ccc(N2C(=O)c3ccccc3C2=O)c([N+](=O)[O-])c1. The molecule has 0 atom stereocenters. The maximum Gasteiger partial charge on any atom is 0.310 e. The van der Waals surface area contributed by atoms with Crippen molar-refractivity contribution in [2.75, 3.05) is 11.5 Å².